The molecule has 0 bridgehead atoms. The summed E-state index contributed by atoms with van der Waals surface area (Å²) in [7, 11) is 1.94. The number of rotatable bonds is 6. The fourth-order valence-corrected chi connectivity index (χ4v) is 2.86. The molecule has 0 radical (unpaired) electrons. The van der Waals surface area contributed by atoms with Crippen LogP contribution in [0.2, 0.25) is 0 Å². The van der Waals surface area contributed by atoms with Crippen LogP contribution in [0.15, 0.2) is 12.4 Å². The molecule has 1 aliphatic rings. The van der Waals surface area contributed by atoms with Gasteiger partial charge in [-0.3, -0.25) is 4.79 Å². The fourth-order valence-electron chi connectivity index (χ4n) is 2.86. The topological polar surface area (TPSA) is 79.3 Å². The van der Waals surface area contributed by atoms with Crippen molar-refractivity contribution in [3.63, 3.8) is 0 Å². The number of hydrogen-bond donors (Lipinski definition) is 2. The van der Waals surface area contributed by atoms with Gasteiger partial charge in [-0.05, 0) is 18.8 Å². The van der Waals surface area contributed by atoms with Crippen molar-refractivity contribution in [2.75, 3.05) is 26.2 Å². The molecule has 134 valence electrons. The maximum absolute atomic E-state index is 12.3. The molecular weight excluding hydrogens is 306 g/mol. The summed E-state index contributed by atoms with van der Waals surface area (Å²) in [6.07, 6.45) is 6.06. The Morgan fingerprint density at radius 2 is 2.17 bits per heavy atom. The van der Waals surface area contributed by atoms with Crippen molar-refractivity contribution in [1.82, 2.24) is 25.1 Å². The molecule has 2 heterocycles. The average Bonchev–Trinajstić information content (AvgIpc) is 2.97. The lowest BCUT2D eigenvalue weighted by Gasteiger charge is -2.32. The van der Waals surface area contributed by atoms with E-state index in [0.29, 0.717) is 32.0 Å². The SMILES string of the molecule is CC(C)CNC(=O)N1CCC[C@@H](C(=O)NCCc2nccn2C)C1. The van der Waals surface area contributed by atoms with E-state index in [4.69, 9.17) is 0 Å². The van der Waals surface area contributed by atoms with Gasteiger partial charge in [-0.1, -0.05) is 13.8 Å². The molecule has 7 nitrogen and oxygen atoms in total. The lowest BCUT2D eigenvalue weighted by Crippen LogP contribution is -2.49. The second-order valence-electron chi connectivity index (χ2n) is 6.86. The van der Waals surface area contributed by atoms with Crippen LogP contribution >= 0.6 is 0 Å². The molecule has 24 heavy (non-hydrogen) atoms. The number of carbonyl (C=O) groups is 2. The van der Waals surface area contributed by atoms with Gasteiger partial charge in [-0.15, -0.1) is 0 Å². The average molecular weight is 335 g/mol. The molecule has 7 heteroatoms. The monoisotopic (exact) mass is 335 g/mol. The number of imidazole rings is 1. The molecule has 1 fully saturated rings. The Bertz CT molecular complexity index is 555. The van der Waals surface area contributed by atoms with Gasteiger partial charge < -0.3 is 20.1 Å². The van der Waals surface area contributed by atoms with Crippen LogP contribution in [0, 0.1) is 11.8 Å². The minimum Gasteiger partial charge on any atom is -0.355 e. The first-order valence-electron chi connectivity index (χ1n) is 8.74. The lowest BCUT2D eigenvalue weighted by molar-refractivity contribution is -0.126. The summed E-state index contributed by atoms with van der Waals surface area (Å²) < 4.78 is 1.95. The number of carbonyl (C=O) groups excluding carboxylic acids is 2. The quantitative estimate of drug-likeness (QED) is 0.819. The van der Waals surface area contributed by atoms with Crippen LogP contribution in [-0.4, -0.2) is 52.6 Å². The van der Waals surface area contributed by atoms with Crippen molar-refractivity contribution < 1.29 is 9.59 Å². The van der Waals surface area contributed by atoms with E-state index in [1.54, 1.807) is 11.1 Å². The van der Waals surface area contributed by atoms with E-state index in [1.807, 2.05) is 17.8 Å². The first-order chi connectivity index (χ1) is 11.5. The molecule has 2 rings (SSSR count). The summed E-state index contributed by atoms with van der Waals surface area (Å²) in [5.74, 6) is 1.29. The fraction of sp³-hybridized carbons (Fsp3) is 0.706. The summed E-state index contributed by atoms with van der Waals surface area (Å²) in [6.45, 7) is 6.58. The highest BCUT2D eigenvalue weighted by atomic mass is 16.2. The molecule has 0 unspecified atom stereocenters. The van der Waals surface area contributed by atoms with E-state index >= 15 is 0 Å². The third-order valence-corrected chi connectivity index (χ3v) is 4.31. The maximum Gasteiger partial charge on any atom is 0.317 e. The molecule has 0 aromatic carbocycles. The zero-order chi connectivity index (χ0) is 17.5. The molecular formula is C17H29N5O2. The number of aromatic nitrogens is 2. The van der Waals surface area contributed by atoms with Crippen LogP contribution in [-0.2, 0) is 18.3 Å². The van der Waals surface area contributed by atoms with E-state index in [1.165, 1.54) is 0 Å². The number of nitrogens with one attached hydrogen (secondary N) is 2. The van der Waals surface area contributed by atoms with Crippen LogP contribution in [0.25, 0.3) is 0 Å². The van der Waals surface area contributed by atoms with Crippen LogP contribution in [0.3, 0.4) is 0 Å². The number of likely N-dealkylation sites (tertiary alicyclic amines) is 1. The predicted octanol–water partition coefficient (Wildman–Crippen LogP) is 1.16. The van der Waals surface area contributed by atoms with E-state index < -0.39 is 0 Å². The van der Waals surface area contributed by atoms with Crippen LogP contribution in [0.5, 0.6) is 0 Å². The second-order valence-corrected chi connectivity index (χ2v) is 6.86. The smallest absolute Gasteiger partial charge is 0.317 e. The van der Waals surface area contributed by atoms with Gasteiger partial charge in [0.25, 0.3) is 0 Å². The van der Waals surface area contributed by atoms with Crippen molar-refractivity contribution in [3.05, 3.63) is 18.2 Å². The van der Waals surface area contributed by atoms with Gasteiger partial charge in [0.15, 0.2) is 0 Å². The van der Waals surface area contributed by atoms with Crippen molar-refractivity contribution in [2.45, 2.75) is 33.1 Å². The minimum atomic E-state index is -0.120. The molecule has 1 atom stereocenters. The third kappa shape index (κ3) is 5.25. The van der Waals surface area contributed by atoms with E-state index in [0.717, 1.165) is 25.2 Å². The lowest BCUT2D eigenvalue weighted by atomic mass is 9.97. The van der Waals surface area contributed by atoms with Gasteiger partial charge in [0, 0.05) is 52.0 Å². The van der Waals surface area contributed by atoms with Crippen molar-refractivity contribution in [3.8, 4) is 0 Å². The molecule has 0 spiro atoms. The Kier molecular flexibility index (Phi) is 6.63. The number of aryl methyl sites for hydroxylation is 1. The zero-order valence-corrected chi connectivity index (χ0v) is 14.9. The second kappa shape index (κ2) is 8.70. The largest absolute Gasteiger partial charge is 0.355 e. The molecule has 3 amide bonds. The van der Waals surface area contributed by atoms with Crippen LogP contribution < -0.4 is 10.6 Å². The highest BCUT2D eigenvalue weighted by molar-refractivity contribution is 5.80. The van der Waals surface area contributed by atoms with Gasteiger partial charge in [0.1, 0.15) is 5.82 Å². The summed E-state index contributed by atoms with van der Waals surface area (Å²) in [5.41, 5.74) is 0. The van der Waals surface area contributed by atoms with Gasteiger partial charge in [-0.2, -0.15) is 0 Å². The Morgan fingerprint density at radius 3 is 2.83 bits per heavy atom. The Labute approximate surface area is 143 Å². The molecule has 1 aromatic heterocycles. The molecule has 1 aromatic rings. The number of piperidine rings is 1. The first kappa shape index (κ1) is 18.3. The number of hydrogen-bond acceptors (Lipinski definition) is 3. The number of nitrogens with zero attached hydrogens (tertiary/aromatic N) is 3. The molecule has 2 N–H and O–H groups in total. The molecule has 0 saturated carbocycles. The Hall–Kier alpha value is -2.05. The summed E-state index contributed by atoms with van der Waals surface area (Å²) >= 11 is 0. The molecule has 1 saturated heterocycles. The minimum absolute atomic E-state index is 0.0329. The van der Waals surface area contributed by atoms with Crippen LogP contribution in [0.1, 0.15) is 32.5 Å². The van der Waals surface area contributed by atoms with Gasteiger partial charge >= 0.3 is 6.03 Å². The highest BCUT2D eigenvalue weighted by Crippen LogP contribution is 2.16. The molecule has 1 aliphatic heterocycles. The zero-order valence-electron chi connectivity index (χ0n) is 14.9. The predicted molar refractivity (Wildman–Crippen MR) is 92.5 cm³/mol. The summed E-state index contributed by atoms with van der Waals surface area (Å²) in [6, 6.07) is -0.0609. The Morgan fingerprint density at radius 1 is 1.38 bits per heavy atom. The van der Waals surface area contributed by atoms with E-state index in [-0.39, 0.29) is 17.9 Å². The Balaban J connectivity index is 1.75. The summed E-state index contributed by atoms with van der Waals surface area (Å²) in [5, 5.41) is 5.90. The van der Waals surface area contributed by atoms with Gasteiger partial charge in [0.05, 0.1) is 5.92 Å². The van der Waals surface area contributed by atoms with E-state index in [2.05, 4.69) is 29.5 Å². The van der Waals surface area contributed by atoms with E-state index in [9.17, 15) is 9.59 Å². The van der Waals surface area contributed by atoms with Gasteiger partial charge in [-0.25, -0.2) is 9.78 Å². The van der Waals surface area contributed by atoms with Crippen LogP contribution in [0.4, 0.5) is 4.79 Å². The van der Waals surface area contributed by atoms with Gasteiger partial charge in [0.2, 0.25) is 5.91 Å². The first-order valence-corrected chi connectivity index (χ1v) is 8.74. The highest BCUT2D eigenvalue weighted by Gasteiger charge is 2.28. The normalized spacial score (nSPS) is 17.8. The third-order valence-electron chi connectivity index (χ3n) is 4.31. The standard InChI is InChI=1S/C17H29N5O2/c1-13(2)11-20-17(24)22-9-4-5-14(12-22)16(23)19-7-6-15-18-8-10-21(15)3/h8,10,13-14H,4-7,9,11-12H2,1-3H3,(H,19,23)(H,20,24)/t14-/m1/s1. The number of amides is 3. The molecule has 0 aliphatic carbocycles. The van der Waals surface area contributed by atoms with Crippen molar-refractivity contribution in [1.29, 1.82) is 0 Å². The summed E-state index contributed by atoms with van der Waals surface area (Å²) in [4.78, 5) is 30.5. The number of urea groups is 1. The van der Waals surface area contributed by atoms with Crippen molar-refractivity contribution >= 4 is 11.9 Å². The maximum atomic E-state index is 12.3. The van der Waals surface area contributed by atoms with Crippen molar-refractivity contribution in [2.24, 2.45) is 18.9 Å².